The fourth-order valence-electron chi connectivity index (χ4n) is 2.29. The van der Waals surface area contributed by atoms with Crippen molar-refractivity contribution in [2.45, 2.75) is 11.5 Å². The topological polar surface area (TPSA) is 68.5 Å². The van der Waals surface area contributed by atoms with E-state index in [1.165, 1.54) is 6.07 Å². The van der Waals surface area contributed by atoms with Gasteiger partial charge in [-0.15, -0.1) is 11.8 Å². The Balaban J connectivity index is 1.69. The number of amides is 1. The zero-order valence-electron chi connectivity index (χ0n) is 14.4. The lowest BCUT2D eigenvalue weighted by atomic mass is 10.2. The number of ether oxygens (including phenoxy) is 1. The van der Waals surface area contributed by atoms with Gasteiger partial charge in [-0.05, 0) is 30.5 Å². The van der Waals surface area contributed by atoms with Gasteiger partial charge in [0.05, 0.1) is 0 Å². The van der Waals surface area contributed by atoms with Gasteiger partial charge in [-0.2, -0.15) is 0 Å². The van der Waals surface area contributed by atoms with Crippen LogP contribution >= 0.6 is 11.8 Å². The molecule has 138 valence electrons. The molecule has 5 nitrogen and oxygen atoms in total. The molecule has 2 aromatic carbocycles. The summed E-state index contributed by atoms with van der Waals surface area (Å²) in [5.74, 6) is -1.22. The first-order valence-corrected chi connectivity index (χ1v) is 9.24. The normalized spacial score (nSPS) is 10.4. The van der Waals surface area contributed by atoms with E-state index >= 15 is 0 Å². The number of carbonyl (C=O) groups excluding carboxylic acids is 1. The molecule has 3 aromatic rings. The second-order valence-corrected chi connectivity index (χ2v) is 6.42. The Kier molecular flexibility index (Phi) is 5.93. The van der Waals surface area contributed by atoms with E-state index in [0.717, 1.165) is 17.2 Å². The number of rotatable bonds is 6. The Morgan fingerprint density at radius 2 is 2.00 bits per heavy atom. The van der Waals surface area contributed by atoms with E-state index in [1.54, 1.807) is 36.0 Å². The van der Waals surface area contributed by atoms with Gasteiger partial charge in [0.1, 0.15) is 18.7 Å². The fraction of sp³-hybridized carbons (Fsp3) is 0.100. The number of thioether (sulfide) groups is 1. The van der Waals surface area contributed by atoms with Crippen LogP contribution in [0.5, 0.6) is 5.75 Å². The fourth-order valence-corrected chi connectivity index (χ4v) is 2.75. The van der Waals surface area contributed by atoms with Crippen molar-refractivity contribution in [2.24, 2.45) is 0 Å². The second-order valence-electron chi connectivity index (χ2n) is 5.54. The SMILES string of the molecule is CSc1cccc(NC(=O)c2cc(=O)c(OCc3ccccc3F)co2)c1. The van der Waals surface area contributed by atoms with Crippen molar-refractivity contribution in [3.05, 3.63) is 88.2 Å². The first kappa shape index (κ1) is 18.7. The van der Waals surface area contributed by atoms with Gasteiger partial charge in [0.15, 0.2) is 5.76 Å². The minimum Gasteiger partial charge on any atom is -0.482 e. The van der Waals surface area contributed by atoms with Gasteiger partial charge in [-0.25, -0.2) is 4.39 Å². The quantitative estimate of drug-likeness (QED) is 0.640. The highest BCUT2D eigenvalue weighted by molar-refractivity contribution is 7.98. The summed E-state index contributed by atoms with van der Waals surface area (Å²) >= 11 is 1.55. The third-order valence-corrected chi connectivity index (χ3v) is 4.42. The smallest absolute Gasteiger partial charge is 0.291 e. The zero-order chi connectivity index (χ0) is 19.2. The van der Waals surface area contributed by atoms with Crippen LogP contribution in [0.3, 0.4) is 0 Å². The Labute approximate surface area is 159 Å². The first-order valence-electron chi connectivity index (χ1n) is 8.01. The summed E-state index contributed by atoms with van der Waals surface area (Å²) in [5, 5.41) is 2.67. The van der Waals surface area contributed by atoms with E-state index in [1.807, 2.05) is 24.5 Å². The number of nitrogens with one attached hydrogen (secondary N) is 1. The molecule has 3 rings (SSSR count). The first-order chi connectivity index (χ1) is 13.1. The number of halogens is 1. The van der Waals surface area contributed by atoms with Crippen LogP contribution in [-0.2, 0) is 6.61 Å². The van der Waals surface area contributed by atoms with Crippen LogP contribution in [0.1, 0.15) is 16.1 Å². The number of hydrogen-bond donors (Lipinski definition) is 1. The lowest BCUT2D eigenvalue weighted by Crippen LogP contribution is -2.16. The lowest BCUT2D eigenvalue weighted by Gasteiger charge is -2.08. The number of hydrogen-bond acceptors (Lipinski definition) is 5. The number of benzene rings is 2. The van der Waals surface area contributed by atoms with Crippen LogP contribution < -0.4 is 15.5 Å². The maximum Gasteiger partial charge on any atom is 0.291 e. The summed E-state index contributed by atoms with van der Waals surface area (Å²) in [6.45, 7) is -0.121. The van der Waals surface area contributed by atoms with Gasteiger partial charge in [-0.1, -0.05) is 24.3 Å². The van der Waals surface area contributed by atoms with E-state index in [9.17, 15) is 14.0 Å². The maximum absolute atomic E-state index is 13.6. The summed E-state index contributed by atoms with van der Waals surface area (Å²) in [6.07, 6.45) is 2.98. The Morgan fingerprint density at radius 1 is 1.19 bits per heavy atom. The van der Waals surface area contributed by atoms with Gasteiger partial charge in [-0.3, -0.25) is 9.59 Å². The molecule has 1 aromatic heterocycles. The second kappa shape index (κ2) is 8.55. The van der Waals surface area contributed by atoms with Crippen LogP contribution in [0.25, 0.3) is 0 Å². The van der Waals surface area contributed by atoms with Gasteiger partial charge in [0.2, 0.25) is 11.2 Å². The van der Waals surface area contributed by atoms with Gasteiger partial charge in [0, 0.05) is 22.2 Å². The van der Waals surface area contributed by atoms with Crippen molar-refractivity contribution in [1.82, 2.24) is 0 Å². The summed E-state index contributed by atoms with van der Waals surface area (Å²) < 4.78 is 24.1. The molecular formula is C20H16FNO4S. The molecule has 0 bridgehead atoms. The van der Waals surface area contributed by atoms with Crippen molar-refractivity contribution < 1.29 is 18.3 Å². The molecule has 0 fully saturated rings. The van der Waals surface area contributed by atoms with Crippen molar-refractivity contribution in [1.29, 1.82) is 0 Å². The van der Waals surface area contributed by atoms with E-state index in [0.29, 0.717) is 11.3 Å². The third-order valence-electron chi connectivity index (χ3n) is 3.69. The molecule has 0 atom stereocenters. The van der Waals surface area contributed by atoms with E-state index in [2.05, 4.69) is 5.32 Å². The molecule has 0 aliphatic heterocycles. The van der Waals surface area contributed by atoms with E-state index in [-0.39, 0.29) is 18.1 Å². The standard InChI is InChI=1S/C20H16FNO4S/c1-27-15-7-4-6-14(9-15)22-20(24)18-10-17(23)19(12-26-18)25-11-13-5-2-3-8-16(13)21/h2-10,12H,11H2,1H3,(H,22,24). The molecule has 27 heavy (non-hydrogen) atoms. The number of anilines is 1. The van der Waals surface area contributed by atoms with Crippen LogP contribution in [0.4, 0.5) is 10.1 Å². The molecule has 0 spiro atoms. The van der Waals surface area contributed by atoms with Crippen LogP contribution in [0.15, 0.2) is 75.0 Å². The molecule has 1 N–H and O–H groups in total. The van der Waals surface area contributed by atoms with Gasteiger partial charge in [0.25, 0.3) is 5.91 Å². The highest BCUT2D eigenvalue weighted by Gasteiger charge is 2.13. The Hall–Kier alpha value is -3.06. The highest BCUT2D eigenvalue weighted by atomic mass is 32.2. The average molecular weight is 385 g/mol. The lowest BCUT2D eigenvalue weighted by molar-refractivity contribution is 0.0993. The van der Waals surface area contributed by atoms with Crippen molar-refractivity contribution >= 4 is 23.4 Å². The molecule has 7 heteroatoms. The maximum atomic E-state index is 13.6. The van der Waals surface area contributed by atoms with E-state index in [4.69, 9.17) is 9.15 Å². The summed E-state index contributed by atoms with van der Waals surface area (Å²) in [6, 6.07) is 14.4. The molecule has 0 aliphatic carbocycles. The predicted octanol–water partition coefficient (Wildman–Crippen LogP) is 4.33. The molecule has 1 heterocycles. The van der Waals surface area contributed by atoms with E-state index < -0.39 is 17.2 Å². The Morgan fingerprint density at radius 3 is 2.74 bits per heavy atom. The van der Waals surface area contributed by atoms with Crippen molar-refractivity contribution in [3.8, 4) is 5.75 Å². The number of carbonyl (C=O) groups is 1. The predicted molar refractivity (Wildman–Crippen MR) is 102 cm³/mol. The molecule has 0 radical (unpaired) electrons. The minimum atomic E-state index is -0.550. The monoisotopic (exact) mass is 385 g/mol. The molecule has 0 saturated heterocycles. The Bertz CT molecular complexity index is 1020. The van der Waals surface area contributed by atoms with Crippen LogP contribution in [0.2, 0.25) is 0 Å². The summed E-state index contributed by atoms with van der Waals surface area (Å²) in [7, 11) is 0. The largest absolute Gasteiger partial charge is 0.482 e. The molecule has 1 amide bonds. The minimum absolute atomic E-state index is 0.0980. The van der Waals surface area contributed by atoms with Crippen LogP contribution in [0, 0.1) is 5.82 Å². The zero-order valence-corrected chi connectivity index (χ0v) is 15.2. The van der Waals surface area contributed by atoms with Gasteiger partial charge < -0.3 is 14.5 Å². The molecular weight excluding hydrogens is 369 g/mol. The molecule has 0 unspecified atom stereocenters. The third kappa shape index (κ3) is 4.77. The molecule has 0 aliphatic rings. The molecule has 0 saturated carbocycles. The van der Waals surface area contributed by atoms with Crippen molar-refractivity contribution in [2.75, 3.05) is 11.6 Å². The van der Waals surface area contributed by atoms with Gasteiger partial charge >= 0.3 is 0 Å². The van der Waals surface area contributed by atoms with Crippen LogP contribution in [-0.4, -0.2) is 12.2 Å². The average Bonchev–Trinajstić information content (AvgIpc) is 2.68. The van der Waals surface area contributed by atoms with Crippen molar-refractivity contribution in [3.63, 3.8) is 0 Å². The summed E-state index contributed by atoms with van der Waals surface area (Å²) in [4.78, 5) is 25.4. The highest BCUT2D eigenvalue weighted by Crippen LogP contribution is 2.19. The summed E-state index contributed by atoms with van der Waals surface area (Å²) in [5.41, 5.74) is 0.377.